The van der Waals surface area contributed by atoms with Crippen LogP contribution in [0.2, 0.25) is 0 Å². The van der Waals surface area contributed by atoms with Crippen LogP contribution in [0.1, 0.15) is 5.56 Å². The largest absolute Gasteiger partial charge is 0.504 e. The summed E-state index contributed by atoms with van der Waals surface area (Å²) in [5, 5.41) is 56.4. The van der Waals surface area contributed by atoms with E-state index in [9.17, 15) is 30.3 Å². The Kier molecular flexibility index (Phi) is 5.39. The van der Waals surface area contributed by atoms with Crippen molar-refractivity contribution in [1.82, 2.24) is 0 Å². The van der Waals surface area contributed by atoms with Crippen molar-refractivity contribution < 1.29 is 44.9 Å². The van der Waals surface area contributed by atoms with Gasteiger partial charge in [0, 0.05) is 0 Å². The summed E-state index contributed by atoms with van der Waals surface area (Å²) in [5.41, 5.74) is 0.626. The molecule has 0 bridgehead atoms. The zero-order chi connectivity index (χ0) is 17.1. The van der Waals surface area contributed by atoms with E-state index in [-0.39, 0.29) is 24.5 Å². The van der Waals surface area contributed by atoms with Crippen LogP contribution in [0, 0.1) is 0 Å². The lowest BCUT2D eigenvalue weighted by Gasteiger charge is -2.38. The van der Waals surface area contributed by atoms with Gasteiger partial charge >= 0.3 is 5.97 Å². The number of benzene rings is 1. The number of aliphatic hydroxyl groups is 3. The van der Waals surface area contributed by atoms with Gasteiger partial charge in [0.15, 0.2) is 23.9 Å². The lowest BCUT2D eigenvalue weighted by molar-refractivity contribution is -0.293. The molecule has 1 aromatic rings. The standard InChI is InChI=1S/C14H18O9/c15-7-2-1-6(5-8(7)16)3-4-22-14-11(19)9(17)10(18)12(23-14)13(20)21/h1-2,5,9-12,14-19H,3-4H2,(H,20,21)/t9-,10-,11+,12-,14+/m0/s1. The molecular formula is C14H18O9. The van der Waals surface area contributed by atoms with Crippen LogP contribution in [0.4, 0.5) is 0 Å². The summed E-state index contributed by atoms with van der Waals surface area (Å²) in [5.74, 6) is -2.04. The molecule has 1 aliphatic rings. The van der Waals surface area contributed by atoms with Gasteiger partial charge in [0.2, 0.25) is 0 Å². The van der Waals surface area contributed by atoms with Gasteiger partial charge in [-0.05, 0) is 24.1 Å². The second-order valence-electron chi connectivity index (χ2n) is 5.18. The Hall–Kier alpha value is -1.91. The van der Waals surface area contributed by atoms with E-state index in [0.717, 1.165) is 0 Å². The van der Waals surface area contributed by atoms with E-state index in [4.69, 9.17) is 14.6 Å². The van der Waals surface area contributed by atoms with Crippen LogP contribution >= 0.6 is 0 Å². The molecule has 0 amide bonds. The number of carboxylic acid groups (broad SMARTS) is 1. The lowest BCUT2D eigenvalue weighted by Crippen LogP contribution is -2.60. The Bertz CT molecular complexity index is 561. The molecule has 0 saturated carbocycles. The number of hydrogen-bond acceptors (Lipinski definition) is 8. The second kappa shape index (κ2) is 7.11. The molecule has 1 heterocycles. The molecule has 23 heavy (non-hydrogen) atoms. The average Bonchev–Trinajstić information content (AvgIpc) is 2.50. The van der Waals surface area contributed by atoms with Crippen LogP contribution in [-0.2, 0) is 20.7 Å². The van der Waals surface area contributed by atoms with Crippen molar-refractivity contribution >= 4 is 5.97 Å². The molecule has 9 heteroatoms. The number of phenols is 2. The van der Waals surface area contributed by atoms with Crippen LogP contribution in [-0.4, -0.2) is 73.9 Å². The third kappa shape index (κ3) is 3.89. The minimum absolute atomic E-state index is 0.0128. The third-order valence-electron chi connectivity index (χ3n) is 3.53. The Morgan fingerprint density at radius 2 is 1.78 bits per heavy atom. The third-order valence-corrected chi connectivity index (χ3v) is 3.53. The maximum Gasteiger partial charge on any atom is 0.335 e. The predicted molar refractivity (Wildman–Crippen MR) is 73.7 cm³/mol. The quantitative estimate of drug-likeness (QED) is 0.355. The summed E-state index contributed by atoms with van der Waals surface area (Å²) in [7, 11) is 0. The molecule has 9 nitrogen and oxygen atoms in total. The molecule has 1 fully saturated rings. The van der Waals surface area contributed by atoms with Crippen LogP contribution < -0.4 is 0 Å². The topological polar surface area (TPSA) is 157 Å². The van der Waals surface area contributed by atoms with Gasteiger partial charge in [0.05, 0.1) is 6.61 Å². The van der Waals surface area contributed by atoms with Gasteiger partial charge in [-0.1, -0.05) is 6.07 Å². The van der Waals surface area contributed by atoms with E-state index in [0.29, 0.717) is 5.56 Å². The number of phenolic OH excluding ortho intramolecular Hbond substituents is 2. The van der Waals surface area contributed by atoms with Gasteiger partial charge in [0.25, 0.3) is 0 Å². The van der Waals surface area contributed by atoms with E-state index in [1.54, 1.807) is 6.07 Å². The first kappa shape index (κ1) is 17.4. The van der Waals surface area contributed by atoms with E-state index < -0.39 is 36.7 Å². The highest BCUT2D eigenvalue weighted by molar-refractivity contribution is 5.73. The number of carbonyl (C=O) groups is 1. The molecule has 0 aromatic heterocycles. The summed E-state index contributed by atoms with van der Waals surface area (Å²) in [6.07, 6.45) is -7.94. The van der Waals surface area contributed by atoms with Crippen molar-refractivity contribution in [3.8, 4) is 11.5 Å². The van der Waals surface area contributed by atoms with Crippen LogP contribution in [0.25, 0.3) is 0 Å². The van der Waals surface area contributed by atoms with Crippen molar-refractivity contribution in [2.75, 3.05) is 6.61 Å². The summed E-state index contributed by atoms with van der Waals surface area (Å²) in [6.45, 7) is -0.0128. The molecular weight excluding hydrogens is 312 g/mol. The fourth-order valence-corrected chi connectivity index (χ4v) is 2.21. The Balaban J connectivity index is 1.93. The number of carboxylic acids is 1. The van der Waals surface area contributed by atoms with E-state index in [1.807, 2.05) is 0 Å². The molecule has 2 rings (SSSR count). The van der Waals surface area contributed by atoms with Gasteiger partial charge in [-0.15, -0.1) is 0 Å². The van der Waals surface area contributed by atoms with Crippen LogP contribution in [0.5, 0.6) is 11.5 Å². The van der Waals surface area contributed by atoms with Gasteiger partial charge in [0.1, 0.15) is 18.3 Å². The first-order valence-electron chi connectivity index (χ1n) is 6.86. The molecule has 1 aliphatic heterocycles. The van der Waals surface area contributed by atoms with E-state index >= 15 is 0 Å². The smallest absolute Gasteiger partial charge is 0.335 e. The minimum Gasteiger partial charge on any atom is -0.504 e. The zero-order valence-electron chi connectivity index (χ0n) is 11.9. The van der Waals surface area contributed by atoms with Gasteiger partial charge < -0.3 is 40.1 Å². The number of hydrogen-bond donors (Lipinski definition) is 6. The van der Waals surface area contributed by atoms with Crippen LogP contribution in [0.3, 0.4) is 0 Å². The van der Waals surface area contributed by atoms with Crippen molar-refractivity contribution in [1.29, 1.82) is 0 Å². The lowest BCUT2D eigenvalue weighted by atomic mass is 9.99. The second-order valence-corrected chi connectivity index (χ2v) is 5.18. The normalized spacial score (nSPS) is 31.0. The minimum atomic E-state index is -1.77. The highest BCUT2D eigenvalue weighted by Crippen LogP contribution is 2.26. The molecule has 0 unspecified atom stereocenters. The highest BCUT2D eigenvalue weighted by atomic mass is 16.7. The van der Waals surface area contributed by atoms with E-state index in [2.05, 4.69) is 0 Å². The molecule has 0 aliphatic carbocycles. The molecule has 128 valence electrons. The summed E-state index contributed by atoms with van der Waals surface area (Å²) < 4.78 is 10.2. The number of aromatic hydroxyl groups is 2. The average molecular weight is 330 g/mol. The molecule has 6 N–H and O–H groups in total. The number of ether oxygens (including phenoxy) is 2. The maximum absolute atomic E-state index is 10.9. The molecule has 5 atom stereocenters. The fraction of sp³-hybridized carbons (Fsp3) is 0.500. The van der Waals surface area contributed by atoms with Gasteiger partial charge in [-0.2, -0.15) is 0 Å². The molecule has 1 aromatic carbocycles. The van der Waals surface area contributed by atoms with Crippen molar-refractivity contribution in [2.45, 2.75) is 37.1 Å². The Labute approximate surface area is 130 Å². The summed E-state index contributed by atoms with van der Waals surface area (Å²) in [4.78, 5) is 10.9. The Morgan fingerprint density at radius 1 is 1.09 bits per heavy atom. The molecule has 1 saturated heterocycles. The first-order chi connectivity index (χ1) is 10.8. The zero-order valence-corrected chi connectivity index (χ0v) is 11.9. The fourth-order valence-electron chi connectivity index (χ4n) is 2.21. The number of aliphatic carboxylic acids is 1. The summed E-state index contributed by atoms with van der Waals surface area (Å²) in [6, 6.07) is 4.18. The molecule has 0 spiro atoms. The molecule has 0 radical (unpaired) electrons. The monoisotopic (exact) mass is 330 g/mol. The van der Waals surface area contributed by atoms with Crippen molar-refractivity contribution in [3.63, 3.8) is 0 Å². The van der Waals surface area contributed by atoms with E-state index in [1.165, 1.54) is 12.1 Å². The highest BCUT2D eigenvalue weighted by Gasteiger charge is 2.47. The van der Waals surface area contributed by atoms with Gasteiger partial charge in [-0.25, -0.2) is 4.79 Å². The SMILES string of the molecule is O=C(O)[C@H]1O[C@@H](OCCc2ccc(O)c(O)c2)[C@H](O)[C@@H](O)[C@@H]1O. The van der Waals surface area contributed by atoms with Crippen molar-refractivity contribution in [2.24, 2.45) is 0 Å². The van der Waals surface area contributed by atoms with Gasteiger partial charge in [-0.3, -0.25) is 0 Å². The Morgan fingerprint density at radius 3 is 2.39 bits per heavy atom. The van der Waals surface area contributed by atoms with Crippen molar-refractivity contribution in [3.05, 3.63) is 23.8 Å². The first-order valence-corrected chi connectivity index (χ1v) is 6.86. The maximum atomic E-state index is 10.9. The van der Waals surface area contributed by atoms with Crippen LogP contribution in [0.15, 0.2) is 18.2 Å². The summed E-state index contributed by atoms with van der Waals surface area (Å²) >= 11 is 0. The number of rotatable bonds is 5. The predicted octanol–water partition coefficient (Wildman–Crippen LogP) is -1.45. The number of aliphatic hydroxyl groups excluding tert-OH is 3.